The molecule has 0 amide bonds. The van der Waals surface area contributed by atoms with Gasteiger partial charge in [-0.1, -0.05) is 19.1 Å². The summed E-state index contributed by atoms with van der Waals surface area (Å²) < 4.78 is 5.67. The van der Waals surface area contributed by atoms with Gasteiger partial charge in [0.05, 0.1) is 18.1 Å². The molecule has 1 rings (SSSR count). The highest BCUT2D eigenvalue weighted by Gasteiger charge is 2.15. The van der Waals surface area contributed by atoms with E-state index >= 15 is 0 Å². The van der Waals surface area contributed by atoms with E-state index in [0.717, 1.165) is 38.0 Å². The van der Waals surface area contributed by atoms with Gasteiger partial charge in [0.25, 0.3) is 0 Å². The SMILES string of the molecule is CCc1ccc(OCCCCC(C)(C)C#N)cc1. The second-order valence-electron chi connectivity index (χ2n) is 5.30. The number of ether oxygens (including phenoxy) is 1. The van der Waals surface area contributed by atoms with Crippen LogP contribution in [0.4, 0.5) is 0 Å². The Balaban J connectivity index is 2.20. The lowest BCUT2D eigenvalue weighted by molar-refractivity contribution is 0.295. The molecule has 18 heavy (non-hydrogen) atoms. The van der Waals surface area contributed by atoms with Crippen molar-refractivity contribution in [2.45, 2.75) is 46.5 Å². The molecule has 2 nitrogen and oxygen atoms in total. The van der Waals surface area contributed by atoms with E-state index in [9.17, 15) is 0 Å². The molecule has 0 aliphatic rings. The molecule has 0 fully saturated rings. The zero-order valence-corrected chi connectivity index (χ0v) is 11.7. The molecule has 0 bridgehead atoms. The largest absolute Gasteiger partial charge is 0.494 e. The fourth-order valence-corrected chi connectivity index (χ4v) is 1.74. The lowest BCUT2D eigenvalue weighted by Crippen LogP contribution is -2.08. The third-order valence-corrected chi connectivity index (χ3v) is 3.10. The van der Waals surface area contributed by atoms with E-state index in [0.29, 0.717) is 0 Å². The summed E-state index contributed by atoms with van der Waals surface area (Å²) in [5.41, 5.74) is 1.13. The van der Waals surface area contributed by atoms with Crippen LogP contribution in [0.3, 0.4) is 0 Å². The average molecular weight is 245 g/mol. The minimum atomic E-state index is -0.206. The van der Waals surface area contributed by atoms with Crippen LogP contribution in [0, 0.1) is 16.7 Å². The van der Waals surface area contributed by atoms with E-state index in [1.54, 1.807) is 0 Å². The zero-order chi connectivity index (χ0) is 13.4. The van der Waals surface area contributed by atoms with Crippen LogP contribution in [0.5, 0.6) is 5.75 Å². The van der Waals surface area contributed by atoms with Crippen molar-refractivity contribution in [1.82, 2.24) is 0 Å². The molecule has 0 heterocycles. The first-order chi connectivity index (χ1) is 8.57. The first kappa shape index (κ1) is 14.6. The predicted molar refractivity (Wildman–Crippen MR) is 74.6 cm³/mol. The van der Waals surface area contributed by atoms with Crippen molar-refractivity contribution in [3.63, 3.8) is 0 Å². The summed E-state index contributed by atoms with van der Waals surface area (Å²) >= 11 is 0. The smallest absolute Gasteiger partial charge is 0.119 e. The molecule has 0 unspecified atom stereocenters. The van der Waals surface area contributed by atoms with Crippen molar-refractivity contribution in [3.8, 4) is 11.8 Å². The molecule has 0 N–H and O–H groups in total. The molecule has 0 aromatic heterocycles. The number of nitrogens with zero attached hydrogens (tertiary/aromatic N) is 1. The fraction of sp³-hybridized carbons (Fsp3) is 0.562. The number of hydrogen-bond acceptors (Lipinski definition) is 2. The van der Waals surface area contributed by atoms with Crippen molar-refractivity contribution in [3.05, 3.63) is 29.8 Å². The third kappa shape index (κ3) is 5.23. The van der Waals surface area contributed by atoms with Gasteiger partial charge in [0.15, 0.2) is 0 Å². The van der Waals surface area contributed by atoms with Crippen LogP contribution in [0.15, 0.2) is 24.3 Å². The Kier molecular flexibility index (Phi) is 5.71. The van der Waals surface area contributed by atoms with Crippen LogP contribution in [0.1, 0.15) is 45.6 Å². The van der Waals surface area contributed by atoms with Gasteiger partial charge in [0.1, 0.15) is 5.75 Å². The zero-order valence-electron chi connectivity index (χ0n) is 11.7. The minimum Gasteiger partial charge on any atom is -0.494 e. The van der Waals surface area contributed by atoms with Crippen molar-refractivity contribution in [1.29, 1.82) is 5.26 Å². The van der Waals surface area contributed by atoms with Crippen LogP contribution < -0.4 is 4.74 Å². The van der Waals surface area contributed by atoms with Crippen LogP contribution in [-0.2, 0) is 6.42 Å². The molecule has 0 saturated carbocycles. The molecule has 98 valence electrons. The minimum absolute atomic E-state index is 0.206. The summed E-state index contributed by atoms with van der Waals surface area (Å²) in [6, 6.07) is 10.6. The summed E-state index contributed by atoms with van der Waals surface area (Å²) in [6.07, 6.45) is 4.03. The Morgan fingerprint density at radius 2 is 1.83 bits per heavy atom. The monoisotopic (exact) mass is 245 g/mol. The maximum atomic E-state index is 8.90. The van der Waals surface area contributed by atoms with E-state index in [1.807, 2.05) is 26.0 Å². The van der Waals surface area contributed by atoms with Crippen molar-refractivity contribution >= 4 is 0 Å². The third-order valence-electron chi connectivity index (χ3n) is 3.10. The van der Waals surface area contributed by atoms with Crippen molar-refractivity contribution in [2.24, 2.45) is 5.41 Å². The summed E-state index contributed by atoms with van der Waals surface area (Å²) in [5.74, 6) is 0.937. The Morgan fingerprint density at radius 3 is 2.39 bits per heavy atom. The van der Waals surface area contributed by atoms with Gasteiger partial charge in [0.2, 0.25) is 0 Å². The highest BCUT2D eigenvalue weighted by molar-refractivity contribution is 5.27. The number of unbranched alkanes of at least 4 members (excludes halogenated alkanes) is 1. The van der Waals surface area contributed by atoms with E-state index in [1.165, 1.54) is 5.56 Å². The Bertz CT molecular complexity index is 387. The molecular formula is C16H23NO. The number of rotatable bonds is 7. The van der Waals surface area contributed by atoms with Gasteiger partial charge in [-0.2, -0.15) is 5.26 Å². The molecule has 2 heteroatoms. The lowest BCUT2D eigenvalue weighted by Gasteiger charge is -2.14. The van der Waals surface area contributed by atoms with Gasteiger partial charge in [-0.05, 0) is 57.2 Å². The lowest BCUT2D eigenvalue weighted by atomic mass is 9.89. The molecular weight excluding hydrogens is 222 g/mol. The second kappa shape index (κ2) is 7.06. The summed E-state index contributed by atoms with van der Waals surface area (Å²) in [5, 5.41) is 8.90. The van der Waals surface area contributed by atoms with Gasteiger partial charge in [-0.3, -0.25) is 0 Å². The number of nitriles is 1. The van der Waals surface area contributed by atoms with Crippen LogP contribution in [-0.4, -0.2) is 6.61 Å². The highest BCUT2D eigenvalue weighted by atomic mass is 16.5. The van der Waals surface area contributed by atoms with Crippen molar-refractivity contribution in [2.75, 3.05) is 6.61 Å². The topological polar surface area (TPSA) is 33.0 Å². The van der Waals surface area contributed by atoms with E-state index in [2.05, 4.69) is 25.1 Å². The van der Waals surface area contributed by atoms with Gasteiger partial charge in [-0.25, -0.2) is 0 Å². The molecule has 0 aliphatic heterocycles. The molecule has 0 saturated heterocycles. The summed E-state index contributed by atoms with van der Waals surface area (Å²) in [6.45, 7) is 6.84. The van der Waals surface area contributed by atoms with Crippen LogP contribution in [0.2, 0.25) is 0 Å². The second-order valence-corrected chi connectivity index (χ2v) is 5.30. The molecule has 0 radical (unpaired) electrons. The Labute approximate surface area is 111 Å². The van der Waals surface area contributed by atoms with Gasteiger partial charge >= 0.3 is 0 Å². The standard InChI is InChI=1S/C16H23NO/c1-4-14-7-9-15(10-8-14)18-12-6-5-11-16(2,3)13-17/h7-10H,4-6,11-12H2,1-3H3. The molecule has 1 aromatic carbocycles. The molecule has 0 spiro atoms. The first-order valence-corrected chi connectivity index (χ1v) is 6.70. The highest BCUT2D eigenvalue weighted by Crippen LogP contribution is 2.21. The quantitative estimate of drug-likeness (QED) is 0.669. The number of benzene rings is 1. The molecule has 0 aliphatic carbocycles. The van der Waals surface area contributed by atoms with Crippen molar-refractivity contribution < 1.29 is 4.74 Å². The number of aryl methyl sites for hydroxylation is 1. The predicted octanol–water partition coefficient (Wildman–Crippen LogP) is 4.35. The van der Waals surface area contributed by atoms with Crippen LogP contribution in [0.25, 0.3) is 0 Å². The normalized spacial score (nSPS) is 11.0. The summed E-state index contributed by atoms with van der Waals surface area (Å²) in [4.78, 5) is 0. The fourth-order valence-electron chi connectivity index (χ4n) is 1.74. The van der Waals surface area contributed by atoms with E-state index < -0.39 is 0 Å². The van der Waals surface area contributed by atoms with Gasteiger partial charge in [0, 0.05) is 0 Å². The Morgan fingerprint density at radius 1 is 1.17 bits per heavy atom. The maximum absolute atomic E-state index is 8.90. The van der Waals surface area contributed by atoms with Gasteiger partial charge < -0.3 is 4.74 Å². The molecule has 0 atom stereocenters. The van der Waals surface area contributed by atoms with E-state index in [4.69, 9.17) is 10.00 Å². The molecule has 1 aromatic rings. The van der Waals surface area contributed by atoms with Crippen LogP contribution >= 0.6 is 0 Å². The number of hydrogen-bond donors (Lipinski definition) is 0. The average Bonchev–Trinajstić information content (AvgIpc) is 2.39. The maximum Gasteiger partial charge on any atom is 0.119 e. The first-order valence-electron chi connectivity index (χ1n) is 6.70. The van der Waals surface area contributed by atoms with E-state index in [-0.39, 0.29) is 5.41 Å². The van der Waals surface area contributed by atoms with Gasteiger partial charge in [-0.15, -0.1) is 0 Å². The summed E-state index contributed by atoms with van der Waals surface area (Å²) in [7, 11) is 0. The Hall–Kier alpha value is -1.49.